The summed E-state index contributed by atoms with van der Waals surface area (Å²) in [6, 6.07) is 31.9. The Balaban J connectivity index is 1.38. The number of rotatable bonds is 5. The average molecular weight is 470 g/mol. The van der Waals surface area contributed by atoms with Crippen molar-refractivity contribution in [1.82, 2.24) is 9.97 Å². The van der Waals surface area contributed by atoms with Crippen LogP contribution in [0.25, 0.3) is 21.8 Å². The average Bonchev–Trinajstić information content (AvgIpc) is 3.63. The van der Waals surface area contributed by atoms with Gasteiger partial charge in [0.2, 0.25) is 0 Å². The molecule has 4 aromatic carbocycles. The van der Waals surface area contributed by atoms with Crippen molar-refractivity contribution in [3.8, 4) is 5.75 Å². The summed E-state index contributed by atoms with van der Waals surface area (Å²) in [6.07, 6.45) is 3.91. The fourth-order valence-electron chi connectivity index (χ4n) is 5.40. The second-order valence-electron chi connectivity index (χ2n) is 9.18. The van der Waals surface area contributed by atoms with Gasteiger partial charge in [0.25, 0.3) is 0 Å². The van der Waals surface area contributed by atoms with E-state index < -0.39 is 5.54 Å². The Morgan fingerprint density at radius 3 is 1.97 bits per heavy atom. The predicted molar refractivity (Wildman–Crippen MR) is 143 cm³/mol. The second kappa shape index (κ2) is 7.89. The first kappa shape index (κ1) is 20.6. The van der Waals surface area contributed by atoms with Crippen LogP contribution in [-0.2, 0) is 12.1 Å². The molecule has 36 heavy (non-hydrogen) atoms. The number of aromatic nitrogens is 2. The highest BCUT2D eigenvalue weighted by molar-refractivity contribution is 6.19. The van der Waals surface area contributed by atoms with Crippen molar-refractivity contribution in [3.05, 3.63) is 132 Å². The molecule has 0 aliphatic carbocycles. The van der Waals surface area contributed by atoms with Crippen LogP contribution in [0, 0.1) is 0 Å². The maximum absolute atomic E-state index is 14.5. The molecule has 3 heterocycles. The maximum atomic E-state index is 14.5. The van der Waals surface area contributed by atoms with Crippen LogP contribution >= 0.6 is 0 Å². The molecule has 5 nitrogen and oxygen atoms in total. The first-order valence-electron chi connectivity index (χ1n) is 12.0. The predicted octanol–water partition coefficient (Wildman–Crippen LogP) is 6.78. The number of carbonyl (C=O) groups excluding carboxylic acids is 1. The number of Topliss-reactive ketones (excluding diaryl/α,β-unsaturated/α-hetero) is 1. The Morgan fingerprint density at radius 1 is 0.694 bits per heavy atom. The number of fused-ring (bicyclic) bond motifs is 3. The van der Waals surface area contributed by atoms with Gasteiger partial charge < -0.3 is 20.0 Å². The molecule has 0 unspecified atom stereocenters. The lowest BCUT2D eigenvalue weighted by Gasteiger charge is -2.28. The van der Waals surface area contributed by atoms with Crippen LogP contribution in [0.15, 0.2) is 109 Å². The van der Waals surface area contributed by atoms with E-state index in [2.05, 4.69) is 27.4 Å². The number of aromatic amines is 2. The molecule has 0 saturated heterocycles. The van der Waals surface area contributed by atoms with Gasteiger partial charge in [-0.05, 0) is 35.9 Å². The summed E-state index contributed by atoms with van der Waals surface area (Å²) < 4.78 is 6.06. The lowest BCUT2D eigenvalue weighted by molar-refractivity contribution is 0.0942. The molecule has 174 valence electrons. The number of nitrogens with one attached hydrogen (secondary N) is 3. The zero-order chi connectivity index (χ0) is 24.1. The molecule has 0 amide bonds. The van der Waals surface area contributed by atoms with E-state index in [-0.39, 0.29) is 5.78 Å². The second-order valence-corrected chi connectivity index (χ2v) is 9.18. The van der Waals surface area contributed by atoms with Crippen LogP contribution in [0.5, 0.6) is 5.75 Å². The molecule has 0 fully saturated rings. The Hall–Kier alpha value is -4.77. The molecule has 5 heteroatoms. The molecule has 0 spiro atoms. The number of carbonyl (C=O) groups is 1. The topological polar surface area (TPSA) is 69.9 Å². The molecule has 0 bridgehead atoms. The summed E-state index contributed by atoms with van der Waals surface area (Å²) in [5.41, 5.74) is 5.19. The van der Waals surface area contributed by atoms with Gasteiger partial charge in [-0.2, -0.15) is 0 Å². The molecular weight excluding hydrogens is 446 g/mol. The minimum Gasteiger partial charge on any atom is -0.489 e. The van der Waals surface area contributed by atoms with Gasteiger partial charge in [-0.25, -0.2) is 0 Å². The van der Waals surface area contributed by atoms with Crippen molar-refractivity contribution >= 4 is 33.3 Å². The van der Waals surface area contributed by atoms with Crippen LogP contribution in [0.1, 0.15) is 27.0 Å². The van der Waals surface area contributed by atoms with Crippen LogP contribution in [0.3, 0.4) is 0 Å². The Bertz CT molecular complexity index is 1670. The highest BCUT2D eigenvalue weighted by Crippen LogP contribution is 2.48. The number of H-pyrrole nitrogens is 2. The summed E-state index contributed by atoms with van der Waals surface area (Å²) in [7, 11) is 0. The van der Waals surface area contributed by atoms with Gasteiger partial charge >= 0.3 is 0 Å². The van der Waals surface area contributed by atoms with E-state index in [1.807, 2.05) is 97.3 Å². The third kappa shape index (κ3) is 2.99. The van der Waals surface area contributed by atoms with E-state index in [1.54, 1.807) is 0 Å². The number of para-hydroxylation sites is 2. The summed E-state index contributed by atoms with van der Waals surface area (Å²) in [5.74, 6) is 0.665. The van der Waals surface area contributed by atoms with Gasteiger partial charge in [0.15, 0.2) is 11.3 Å². The highest BCUT2D eigenvalue weighted by atomic mass is 16.5. The van der Waals surface area contributed by atoms with E-state index in [4.69, 9.17) is 4.74 Å². The summed E-state index contributed by atoms with van der Waals surface area (Å²) in [5, 5.41) is 5.66. The fraction of sp³-hybridized carbons (Fsp3) is 0.0645. The van der Waals surface area contributed by atoms with Gasteiger partial charge in [-0.1, -0.05) is 66.7 Å². The largest absolute Gasteiger partial charge is 0.489 e. The molecule has 1 aliphatic heterocycles. The van der Waals surface area contributed by atoms with E-state index in [9.17, 15) is 4.79 Å². The zero-order valence-electron chi connectivity index (χ0n) is 19.4. The summed E-state index contributed by atoms with van der Waals surface area (Å²) in [6.45, 7) is 0.442. The fourth-order valence-corrected chi connectivity index (χ4v) is 5.40. The number of ketones is 1. The number of ether oxygens (including phenoxy) is 1. The number of anilines is 1. The Labute approximate surface area is 207 Å². The Morgan fingerprint density at radius 2 is 1.31 bits per heavy atom. The van der Waals surface area contributed by atoms with Gasteiger partial charge in [0.1, 0.15) is 12.4 Å². The van der Waals surface area contributed by atoms with Gasteiger partial charge in [0, 0.05) is 56.6 Å². The van der Waals surface area contributed by atoms with Crippen molar-refractivity contribution in [2.75, 3.05) is 5.32 Å². The lowest BCUT2D eigenvalue weighted by atomic mass is 9.79. The van der Waals surface area contributed by atoms with Crippen LogP contribution in [0.4, 0.5) is 5.69 Å². The van der Waals surface area contributed by atoms with Crippen molar-refractivity contribution < 1.29 is 9.53 Å². The van der Waals surface area contributed by atoms with Crippen LogP contribution < -0.4 is 10.1 Å². The summed E-state index contributed by atoms with van der Waals surface area (Å²) in [4.78, 5) is 21.2. The number of hydrogen-bond acceptors (Lipinski definition) is 3. The van der Waals surface area contributed by atoms with E-state index in [1.165, 1.54) is 0 Å². The summed E-state index contributed by atoms with van der Waals surface area (Å²) >= 11 is 0. The van der Waals surface area contributed by atoms with Crippen LogP contribution in [-0.4, -0.2) is 15.8 Å². The first-order valence-corrected chi connectivity index (χ1v) is 12.0. The van der Waals surface area contributed by atoms with E-state index >= 15 is 0 Å². The van der Waals surface area contributed by atoms with Gasteiger partial charge in [0.05, 0.1) is 0 Å². The van der Waals surface area contributed by atoms with E-state index in [0.29, 0.717) is 17.9 Å². The molecular formula is C31H23N3O2. The SMILES string of the molecule is O=C1c2cc(OCc3ccccc3)ccc2NC1(c1c[nH]c2ccccc12)c1c[nH]c2ccccc12. The molecule has 0 radical (unpaired) electrons. The molecule has 2 aromatic heterocycles. The third-order valence-electron chi connectivity index (χ3n) is 7.13. The molecule has 1 aliphatic rings. The van der Waals surface area contributed by atoms with Crippen molar-refractivity contribution in [1.29, 1.82) is 0 Å². The minimum atomic E-state index is -1.08. The van der Waals surface area contributed by atoms with Crippen molar-refractivity contribution in [2.45, 2.75) is 12.1 Å². The normalized spacial score (nSPS) is 14.2. The minimum absolute atomic E-state index is 0.00262. The molecule has 0 atom stereocenters. The highest BCUT2D eigenvalue weighted by Gasteiger charge is 2.50. The Kier molecular flexibility index (Phi) is 4.51. The standard InChI is InChI=1S/C31H23N3O2/c35-30-24-16-21(36-19-20-8-2-1-3-9-20)14-15-29(24)34-31(30,25-17-32-27-12-6-4-10-22(25)27)26-18-33-28-13-7-5-11-23(26)28/h1-18,32-34H,19H2. The molecule has 0 saturated carbocycles. The number of hydrogen-bond donors (Lipinski definition) is 3. The smallest absolute Gasteiger partial charge is 0.199 e. The molecule has 7 rings (SSSR count). The monoisotopic (exact) mass is 469 g/mol. The maximum Gasteiger partial charge on any atom is 0.199 e. The van der Waals surface area contributed by atoms with Crippen molar-refractivity contribution in [3.63, 3.8) is 0 Å². The van der Waals surface area contributed by atoms with Crippen molar-refractivity contribution in [2.24, 2.45) is 0 Å². The van der Waals surface area contributed by atoms with Gasteiger partial charge in [-0.3, -0.25) is 4.79 Å². The molecule has 6 aromatic rings. The zero-order valence-corrected chi connectivity index (χ0v) is 19.4. The third-order valence-corrected chi connectivity index (χ3v) is 7.13. The lowest BCUT2D eigenvalue weighted by Crippen LogP contribution is -2.39. The quantitative estimate of drug-likeness (QED) is 0.261. The first-order chi connectivity index (χ1) is 17.7. The van der Waals surface area contributed by atoms with Gasteiger partial charge in [-0.15, -0.1) is 0 Å². The van der Waals surface area contributed by atoms with Crippen LogP contribution in [0.2, 0.25) is 0 Å². The molecule has 3 N–H and O–H groups in total. The van der Waals surface area contributed by atoms with E-state index in [0.717, 1.165) is 44.2 Å². The number of benzene rings is 4.